The molecule has 0 aliphatic carbocycles. The summed E-state index contributed by atoms with van der Waals surface area (Å²) < 4.78 is 7.09. The van der Waals surface area contributed by atoms with E-state index in [1.807, 2.05) is 34.5 Å². The van der Waals surface area contributed by atoms with Crippen LogP contribution in [-0.4, -0.2) is 27.7 Å². The minimum Gasteiger partial charge on any atom is -0.497 e. The van der Waals surface area contributed by atoms with Gasteiger partial charge in [-0.05, 0) is 30.7 Å². The number of benzene rings is 1. The van der Waals surface area contributed by atoms with Gasteiger partial charge >= 0.3 is 5.69 Å². The zero-order chi connectivity index (χ0) is 13.2. The van der Waals surface area contributed by atoms with Gasteiger partial charge in [-0.2, -0.15) is 11.8 Å². The van der Waals surface area contributed by atoms with Crippen LogP contribution in [0.25, 0.3) is 11.0 Å². The average Bonchev–Trinajstić information content (AvgIpc) is 2.76. The lowest BCUT2D eigenvalue weighted by Gasteiger charge is -2.21. The van der Waals surface area contributed by atoms with Crippen LogP contribution in [0.5, 0.6) is 5.75 Å². The molecule has 0 saturated carbocycles. The fourth-order valence-corrected chi connectivity index (χ4v) is 3.89. The third-order valence-corrected chi connectivity index (χ3v) is 5.02. The van der Waals surface area contributed by atoms with Crippen LogP contribution in [0.4, 0.5) is 0 Å². The van der Waals surface area contributed by atoms with Gasteiger partial charge in [-0.1, -0.05) is 6.42 Å². The van der Waals surface area contributed by atoms with E-state index in [1.54, 1.807) is 7.11 Å². The molecule has 19 heavy (non-hydrogen) atoms. The molecule has 4 nitrogen and oxygen atoms in total. The Kier molecular flexibility index (Phi) is 3.55. The van der Waals surface area contributed by atoms with Crippen LogP contribution in [0.2, 0.25) is 0 Å². The van der Waals surface area contributed by atoms with E-state index < -0.39 is 0 Å². The molecule has 0 spiro atoms. The van der Waals surface area contributed by atoms with Gasteiger partial charge in [0.05, 0.1) is 18.1 Å². The Morgan fingerprint density at radius 2 is 2.37 bits per heavy atom. The van der Waals surface area contributed by atoms with Crippen LogP contribution in [0.15, 0.2) is 23.0 Å². The first kappa shape index (κ1) is 12.7. The van der Waals surface area contributed by atoms with E-state index in [2.05, 4.69) is 4.98 Å². The standard InChI is InChI=1S/C14H18N2O2S/c1-18-10-5-6-12-13(8-10)16(14(17)15-12)9-11-4-2-3-7-19-11/h5-6,8,11H,2-4,7,9H2,1H3,(H,15,17). The molecule has 3 rings (SSSR count). The van der Waals surface area contributed by atoms with Crippen molar-refractivity contribution < 1.29 is 4.74 Å². The largest absolute Gasteiger partial charge is 0.497 e. The molecule has 0 bridgehead atoms. The maximum absolute atomic E-state index is 12.1. The van der Waals surface area contributed by atoms with Crippen LogP contribution < -0.4 is 10.4 Å². The van der Waals surface area contributed by atoms with Crippen molar-refractivity contribution in [2.24, 2.45) is 0 Å². The molecule has 1 aliphatic rings. The van der Waals surface area contributed by atoms with Gasteiger partial charge in [0, 0.05) is 17.9 Å². The number of imidazole rings is 1. The van der Waals surface area contributed by atoms with Gasteiger partial charge in [-0.15, -0.1) is 0 Å². The zero-order valence-corrected chi connectivity index (χ0v) is 11.8. The van der Waals surface area contributed by atoms with Crippen molar-refractivity contribution in [2.45, 2.75) is 31.1 Å². The third kappa shape index (κ3) is 2.52. The molecular formula is C14H18N2O2S. The second kappa shape index (κ2) is 5.33. The molecule has 1 aromatic carbocycles. The summed E-state index contributed by atoms with van der Waals surface area (Å²) in [6.07, 6.45) is 3.78. The number of aromatic amines is 1. The highest BCUT2D eigenvalue weighted by Gasteiger charge is 2.17. The summed E-state index contributed by atoms with van der Waals surface area (Å²) in [6.45, 7) is 0.788. The molecule has 1 aromatic heterocycles. The van der Waals surface area contributed by atoms with Crippen LogP contribution >= 0.6 is 11.8 Å². The molecule has 1 atom stereocenters. The van der Waals surface area contributed by atoms with Gasteiger partial charge < -0.3 is 9.72 Å². The summed E-state index contributed by atoms with van der Waals surface area (Å²) in [4.78, 5) is 15.0. The van der Waals surface area contributed by atoms with Crippen molar-refractivity contribution >= 4 is 22.8 Å². The van der Waals surface area contributed by atoms with Gasteiger partial charge in [-0.3, -0.25) is 4.57 Å². The van der Waals surface area contributed by atoms with Gasteiger partial charge in [0.1, 0.15) is 5.75 Å². The molecule has 1 N–H and O–H groups in total. The van der Waals surface area contributed by atoms with Gasteiger partial charge in [-0.25, -0.2) is 4.79 Å². The van der Waals surface area contributed by atoms with Crippen LogP contribution in [0.1, 0.15) is 19.3 Å². The Hall–Kier alpha value is -1.36. The maximum Gasteiger partial charge on any atom is 0.326 e. The van der Waals surface area contributed by atoms with E-state index in [0.29, 0.717) is 5.25 Å². The minimum atomic E-state index is -0.0190. The van der Waals surface area contributed by atoms with Crippen molar-refractivity contribution in [3.05, 3.63) is 28.7 Å². The average molecular weight is 278 g/mol. The van der Waals surface area contributed by atoms with Crippen LogP contribution in [0.3, 0.4) is 0 Å². The van der Waals surface area contributed by atoms with Crippen molar-refractivity contribution in [1.82, 2.24) is 9.55 Å². The second-order valence-electron chi connectivity index (χ2n) is 4.91. The highest BCUT2D eigenvalue weighted by Crippen LogP contribution is 2.27. The Labute approximate surface area is 116 Å². The quantitative estimate of drug-likeness (QED) is 0.939. The van der Waals surface area contributed by atoms with Crippen molar-refractivity contribution in [1.29, 1.82) is 0 Å². The third-order valence-electron chi connectivity index (χ3n) is 3.64. The first-order valence-corrected chi connectivity index (χ1v) is 7.71. The summed E-state index contributed by atoms with van der Waals surface area (Å²) in [5, 5.41) is 0.552. The number of rotatable bonds is 3. The number of methoxy groups -OCH3 is 1. The second-order valence-corrected chi connectivity index (χ2v) is 6.32. The van der Waals surface area contributed by atoms with Crippen LogP contribution in [-0.2, 0) is 6.54 Å². The summed E-state index contributed by atoms with van der Waals surface area (Å²) in [6, 6.07) is 5.71. The number of aromatic nitrogens is 2. The predicted molar refractivity (Wildman–Crippen MR) is 79.2 cm³/mol. The van der Waals surface area contributed by atoms with Crippen LogP contribution in [0, 0.1) is 0 Å². The lowest BCUT2D eigenvalue weighted by Crippen LogP contribution is -2.24. The molecule has 1 saturated heterocycles. The molecule has 0 amide bonds. The van der Waals surface area contributed by atoms with Gasteiger partial charge in [0.15, 0.2) is 0 Å². The highest BCUT2D eigenvalue weighted by atomic mass is 32.2. The zero-order valence-electron chi connectivity index (χ0n) is 11.0. The number of fused-ring (bicyclic) bond motifs is 1. The number of nitrogens with one attached hydrogen (secondary N) is 1. The highest BCUT2D eigenvalue weighted by molar-refractivity contribution is 7.99. The summed E-state index contributed by atoms with van der Waals surface area (Å²) in [5.74, 6) is 2.00. The summed E-state index contributed by atoms with van der Waals surface area (Å²) in [7, 11) is 1.65. The van der Waals surface area contributed by atoms with E-state index in [4.69, 9.17) is 4.74 Å². The number of hydrogen-bond donors (Lipinski definition) is 1. The van der Waals surface area contributed by atoms with E-state index in [-0.39, 0.29) is 5.69 Å². The smallest absolute Gasteiger partial charge is 0.326 e. The molecule has 0 radical (unpaired) electrons. The molecule has 1 fully saturated rings. The lowest BCUT2D eigenvalue weighted by molar-refractivity contribution is 0.415. The maximum atomic E-state index is 12.1. The van der Waals surface area contributed by atoms with E-state index in [9.17, 15) is 4.79 Å². The van der Waals surface area contributed by atoms with E-state index in [1.165, 1.54) is 25.0 Å². The van der Waals surface area contributed by atoms with Crippen molar-refractivity contribution in [3.63, 3.8) is 0 Å². The number of H-pyrrole nitrogens is 1. The molecule has 1 unspecified atom stereocenters. The fraction of sp³-hybridized carbons (Fsp3) is 0.500. The summed E-state index contributed by atoms with van der Waals surface area (Å²) >= 11 is 1.98. The number of ether oxygens (including phenoxy) is 1. The summed E-state index contributed by atoms with van der Waals surface area (Å²) in [5.41, 5.74) is 1.80. The first-order chi connectivity index (χ1) is 9.28. The monoisotopic (exact) mass is 278 g/mol. The molecule has 102 valence electrons. The van der Waals surface area contributed by atoms with E-state index >= 15 is 0 Å². The molecule has 5 heteroatoms. The molecule has 1 aliphatic heterocycles. The fourth-order valence-electron chi connectivity index (χ4n) is 2.60. The number of hydrogen-bond acceptors (Lipinski definition) is 3. The molecular weight excluding hydrogens is 260 g/mol. The lowest BCUT2D eigenvalue weighted by atomic mass is 10.2. The van der Waals surface area contributed by atoms with E-state index in [0.717, 1.165) is 23.3 Å². The Morgan fingerprint density at radius 1 is 1.47 bits per heavy atom. The Balaban J connectivity index is 1.96. The molecule has 2 aromatic rings. The normalized spacial score (nSPS) is 19.7. The topological polar surface area (TPSA) is 47.0 Å². The number of nitrogens with zero attached hydrogens (tertiary/aromatic N) is 1. The van der Waals surface area contributed by atoms with Gasteiger partial charge in [0.2, 0.25) is 0 Å². The minimum absolute atomic E-state index is 0.0190. The van der Waals surface area contributed by atoms with Crippen molar-refractivity contribution in [2.75, 3.05) is 12.9 Å². The van der Waals surface area contributed by atoms with Gasteiger partial charge in [0.25, 0.3) is 0 Å². The first-order valence-electron chi connectivity index (χ1n) is 6.66. The molecule has 2 heterocycles. The Bertz CT molecular complexity index is 626. The van der Waals surface area contributed by atoms with Crippen molar-refractivity contribution in [3.8, 4) is 5.75 Å². The Morgan fingerprint density at radius 3 is 3.11 bits per heavy atom. The predicted octanol–water partition coefficient (Wildman–Crippen LogP) is 2.62. The number of thioether (sulfide) groups is 1. The SMILES string of the molecule is COc1ccc2[nH]c(=O)n(CC3CCCCS3)c2c1.